The Kier molecular flexibility index (Phi) is 7.71. The van der Waals surface area contributed by atoms with E-state index in [0.29, 0.717) is 23.8 Å². The molecule has 1 saturated heterocycles. The summed E-state index contributed by atoms with van der Waals surface area (Å²) in [5.74, 6) is 1.14. The third-order valence-electron chi connectivity index (χ3n) is 4.93. The molecule has 2 aromatic carbocycles. The molecule has 2 N–H and O–H groups in total. The second kappa shape index (κ2) is 10.7. The van der Waals surface area contributed by atoms with Gasteiger partial charge in [-0.1, -0.05) is 19.9 Å². The molecule has 6 nitrogen and oxygen atoms in total. The zero-order valence-electron chi connectivity index (χ0n) is 17.8. The van der Waals surface area contributed by atoms with Gasteiger partial charge in [0, 0.05) is 36.1 Å². The van der Waals surface area contributed by atoms with E-state index in [9.17, 15) is 9.59 Å². The molecule has 6 heteroatoms. The van der Waals surface area contributed by atoms with Crippen molar-refractivity contribution < 1.29 is 14.3 Å². The number of hydrogen-bond acceptors (Lipinski definition) is 4. The van der Waals surface area contributed by atoms with Crippen LogP contribution in [-0.2, 0) is 4.79 Å². The second-order valence-corrected chi connectivity index (χ2v) is 8.06. The van der Waals surface area contributed by atoms with Gasteiger partial charge in [-0.05, 0) is 61.6 Å². The lowest BCUT2D eigenvalue weighted by Crippen LogP contribution is -2.35. The molecule has 160 valence electrons. The van der Waals surface area contributed by atoms with Gasteiger partial charge in [0.25, 0.3) is 5.91 Å². The molecule has 0 unspecified atom stereocenters. The van der Waals surface area contributed by atoms with Crippen molar-refractivity contribution in [2.75, 3.05) is 36.9 Å². The van der Waals surface area contributed by atoms with E-state index < -0.39 is 0 Å². The smallest absolute Gasteiger partial charge is 0.253 e. The largest absolute Gasteiger partial charge is 0.493 e. The minimum Gasteiger partial charge on any atom is -0.493 e. The molecule has 30 heavy (non-hydrogen) atoms. The lowest BCUT2D eigenvalue weighted by atomic mass is 10.1. The maximum atomic E-state index is 12.5. The number of carbonyl (C=O) groups excluding carboxylic acids is 2. The maximum Gasteiger partial charge on any atom is 0.253 e. The number of hydrogen-bond donors (Lipinski definition) is 2. The molecule has 1 fully saturated rings. The van der Waals surface area contributed by atoms with E-state index in [2.05, 4.69) is 24.5 Å². The number of nitrogens with one attached hydrogen (secondary N) is 2. The quantitative estimate of drug-likeness (QED) is 0.678. The predicted molar refractivity (Wildman–Crippen MR) is 120 cm³/mol. The summed E-state index contributed by atoms with van der Waals surface area (Å²) in [6.07, 6.45) is 3.33. The summed E-state index contributed by atoms with van der Waals surface area (Å²) in [4.78, 5) is 26.7. The van der Waals surface area contributed by atoms with Crippen LogP contribution in [0.3, 0.4) is 0 Å². The number of nitrogens with zero attached hydrogens (tertiary/aromatic N) is 1. The van der Waals surface area contributed by atoms with Crippen LogP contribution in [0.25, 0.3) is 0 Å². The number of piperidine rings is 1. The van der Waals surface area contributed by atoms with Crippen LogP contribution >= 0.6 is 0 Å². The summed E-state index contributed by atoms with van der Waals surface area (Å²) < 4.78 is 5.71. The van der Waals surface area contributed by atoms with Crippen molar-refractivity contribution >= 4 is 23.2 Å². The molecule has 2 aromatic rings. The lowest BCUT2D eigenvalue weighted by Gasteiger charge is -2.26. The Hall–Kier alpha value is -3.02. The zero-order valence-corrected chi connectivity index (χ0v) is 17.8. The highest BCUT2D eigenvalue weighted by Crippen LogP contribution is 2.18. The Labute approximate surface area is 178 Å². The monoisotopic (exact) mass is 409 g/mol. The fourth-order valence-electron chi connectivity index (χ4n) is 3.32. The average Bonchev–Trinajstić information content (AvgIpc) is 2.77. The molecular weight excluding hydrogens is 378 g/mol. The highest BCUT2D eigenvalue weighted by molar-refractivity contribution is 5.96. The topological polar surface area (TPSA) is 70.7 Å². The first-order chi connectivity index (χ1) is 14.5. The number of anilines is 2. The summed E-state index contributed by atoms with van der Waals surface area (Å²) in [5, 5.41) is 5.97. The first-order valence-electron chi connectivity index (χ1n) is 10.7. The van der Waals surface area contributed by atoms with Crippen LogP contribution in [0.5, 0.6) is 5.75 Å². The standard InChI is InChI=1S/C24H31N3O3/c1-18(2)17-30-22-8-6-7-21(15-22)25-16-23(28)26-20-11-9-19(10-12-20)24(29)27-13-4-3-5-14-27/h6-12,15,18,25H,3-5,13-14,16-17H2,1-2H3,(H,26,28). The van der Waals surface area contributed by atoms with Crippen molar-refractivity contribution in [1.29, 1.82) is 0 Å². The van der Waals surface area contributed by atoms with Gasteiger partial charge in [0.15, 0.2) is 0 Å². The van der Waals surface area contributed by atoms with Crippen LogP contribution < -0.4 is 15.4 Å². The van der Waals surface area contributed by atoms with Gasteiger partial charge in [-0.3, -0.25) is 9.59 Å². The summed E-state index contributed by atoms with van der Waals surface area (Å²) >= 11 is 0. The number of ether oxygens (including phenoxy) is 1. The van der Waals surface area contributed by atoms with E-state index in [4.69, 9.17) is 4.74 Å². The van der Waals surface area contributed by atoms with E-state index in [0.717, 1.165) is 37.4 Å². The molecule has 1 aliphatic rings. The average molecular weight is 410 g/mol. The number of benzene rings is 2. The van der Waals surface area contributed by atoms with Crippen LogP contribution in [-0.4, -0.2) is 43.0 Å². The molecule has 0 aromatic heterocycles. The fourth-order valence-corrected chi connectivity index (χ4v) is 3.32. The minimum atomic E-state index is -0.154. The Morgan fingerprint density at radius 3 is 2.43 bits per heavy atom. The molecule has 3 rings (SSSR count). The van der Waals surface area contributed by atoms with Crippen molar-refractivity contribution in [3.63, 3.8) is 0 Å². The molecule has 0 radical (unpaired) electrons. The highest BCUT2D eigenvalue weighted by Gasteiger charge is 2.18. The Morgan fingerprint density at radius 1 is 1.00 bits per heavy atom. The van der Waals surface area contributed by atoms with Gasteiger partial charge in [-0.2, -0.15) is 0 Å². The van der Waals surface area contributed by atoms with E-state index in [-0.39, 0.29) is 18.4 Å². The summed E-state index contributed by atoms with van der Waals surface area (Å²) in [5.41, 5.74) is 2.16. The van der Waals surface area contributed by atoms with Gasteiger partial charge in [-0.25, -0.2) is 0 Å². The lowest BCUT2D eigenvalue weighted by molar-refractivity contribution is -0.114. The number of carbonyl (C=O) groups is 2. The molecule has 1 heterocycles. The third-order valence-corrected chi connectivity index (χ3v) is 4.93. The van der Waals surface area contributed by atoms with Gasteiger partial charge < -0.3 is 20.3 Å². The molecule has 0 bridgehead atoms. The number of amides is 2. The second-order valence-electron chi connectivity index (χ2n) is 8.06. The van der Waals surface area contributed by atoms with E-state index >= 15 is 0 Å². The molecule has 0 aliphatic carbocycles. The van der Waals surface area contributed by atoms with Crippen LogP contribution in [0.15, 0.2) is 48.5 Å². The van der Waals surface area contributed by atoms with Crippen molar-refractivity contribution in [3.8, 4) is 5.75 Å². The first kappa shape index (κ1) is 21.7. The molecule has 0 atom stereocenters. The van der Waals surface area contributed by atoms with E-state index in [1.54, 1.807) is 24.3 Å². The third kappa shape index (κ3) is 6.51. The minimum absolute atomic E-state index is 0.0637. The number of rotatable bonds is 8. The predicted octanol–water partition coefficient (Wildman–Crippen LogP) is 4.40. The van der Waals surface area contributed by atoms with Crippen molar-refractivity contribution in [1.82, 2.24) is 4.90 Å². The molecule has 2 amide bonds. The molecular formula is C24H31N3O3. The fraction of sp³-hybridized carbons (Fsp3) is 0.417. The normalized spacial score (nSPS) is 13.8. The highest BCUT2D eigenvalue weighted by atomic mass is 16.5. The molecule has 1 aliphatic heterocycles. The number of likely N-dealkylation sites (tertiary alicyclic amines) is 1. The molecule has 0 spiro atoms. The van der Waals surface area contributed by atoms with Crippen molar-refractivity contribution in [3.05, 3.63) is 54.1 Å². The van der Waals surface area contributed by atoms with Crippen LogP contribution in [0, 0.1) is 5.92 Å². The Morgan fingerprint density at radius 2 is 1.73 bits per heavy atom. The zero-order chi connectivity index (χ0) is 21.3. The summed E-state index contributed by atoms with van der Waals surface area (Å²) in [6, 6.07) is 14.7. The Bertz CT molecular complexity index is 843. The van der Waals surface area contributed by atoms with Gasteiger partial charge in [0.05, 0.1) is 13.2 Å². The van der Waals surface area contributed by atoms with Crippen LogP contribution in [0.1, 0.15) is 43.5 Å². The van der Waals surface area contributed by atoms with E-state index in [1.165, 1.54) is 6.42 Å². The maximum absolute atomic E-state index is 12.5. The SMILES string of the molecule is CC(C)COc1cccc(NCC(=O)Nc2ccc(C(=O)N3CCCCC3)cc2)c1. The Balaban J connectivity index is 1.48. The summed E-state index contributed by atoms with van der Waals surface area (Å²) in [7, 11) is 0. The summed E-state index contributed by atoms with van der Waals surface area (Å²) in [6.45, 7) is 6.65. The first-order valence-corrected chi connectivity index (χ1v) is 10.7. The van der Waals surface area contributed by atoms with Crippen LogP contribution in [0.2, 0.25) is 0 Å². The van der Waals surface area contributed by atoms with Gasteiger partial charge in [0.1, 0.15) is 5.75 Å². The van der Waals surface area contributed by atoms with Crippen molar-refractivity contribution in [2.45, 2.75) is 33.1 Å². The van der Waals surface area contributed by atoms with Crippen LogP contribution in [0.4, 0.5) is 11.4 Å². The van der Waals surface area contributed by atoms with Crippen molar-refractivity contribution in [2.24, 2.45) is 5.92 Å². The van der Waals surface area contributed by atoms with Gasteiger partial charge in [-0.15, -0.1) is 0 Å². The van der Waals surface area contributed by atoms with Gasteiger partial charge >= 0.3 is 0 Å². The van der Waals surface area contributed by atoms with E-state index in [1.807, 2.05) is 29.2 Å². The van der Waals surface area contributed by atoms with Gasteiger partial charge in [0.2, 0.25) is 5.91 Å². The molecule has 0 saturated carbocycles.